The molecule has 3 N–H and O–H groups in total. The number of hydrogen-bond acceptors (Lipinski definition) is 2. The third-order valence-electron chi connectivity index (χ3n) is 2.66. The molecule has 2 aromatic rings. The molecule has 0 heterocycles. The van der Waals surface area contributed by atoms with E-state index in [-0.39, 0.29) is 17.2 Å². The number of para-hydroxylation sites is 1. The molecule has 2 aromatic carbocycles. The Kier molecular flexibility index (Phi) is 4.16. The van der Waals surface area contributed by atoms with Gasteiger partial charge in [0, 0.05) is 11.0 Å². The van der Waals surface area contributed by atoms with Crippen molar-refractivity contribution in [3.8, 4) is 0 Å². The standard InChI is InChI=1S/C14H12BrFN2O/c15-10-6-4-9(5-7-10)8-18-14(19)11-2-1-3-12(16)13(11)17/h1-7H,8,17H2,(H,18,19). The van der Waals surface area contributed by atoms with Gasteiger partial charge in [-0.25, -0.2) is 4.39 Å². The minimum absolute atomic E-state index is 0.129. The molecule has 0 aliphatic carbocycles. The van der Waals surface area contributed by atoms with Crippen molar-refractivity contribution in [2.45, 2.75) is 6.54 Å². The molecule has 98 valence electrons. The van der Waals surface area contributed by atoms with E-state index < -0.39 is 5.82 Å². The van der Waals surface area contributed by atoms with Crippen LogP contribution in [0.2, 0.25) is 0 Å². The highest BCUT2D eigenvalue weighted by molar-refractivity contribution is 9.10. The van der Waals surface area contributed by atoms with Crippen LogP contribution in [0.4, 0.5) is 10.1 Å². The first-order chi connectivity index (χ1) is 9.08. The molecule has 0 atom stereocenters. The second-order valence-corrected chi connectivity index (χ2v) is 4.93. The predicted octanol–water partition coefficient (Wildman–Crippen LogP) is 3.10. The fourth-order valence-electron chi connectivity index (χ4n) is 1.61. The van der Waals surface area contributed by atoms with Gasteiger partial charge < -0.3 is 11.1 Å². The van der Waals surface area contributed by atoms with Gasteiger partial charge in [0.15, 0.2) is 0 Å². The lowest BCUT2D eigenvalue weighted by Crippen LogP contribution is -2.24. The number of nitrogen functional groups attached to an aromatic ring is 1. The Morgan fingerprint density at radius 1 is 1.21 bits per heavy atom. The molecule has 0 spiro atoms. The lowest BCUT2D eigenvalue weighted by atomic mass is 10.1. The molecule has 2 rings (SSSR count). The van der Waals surface area contributed by atoms with E-state index in [2.05, 4.69) is 21.2 Å². The molecule has 1 amide bonds. The lowest BCUT2D eigenvalue weighted by Gasteiger charge is -2.08. The van der Waals surface area contributed by atoms with Crippen LogP contribution in [0.3, 0.4) is 0 Å². The molecule has 0 aromatic heterocycles. The van der Waals surface area contributed by atoms with Crippen molar-refractivity contribution in [2.24, 2.45) is 0 Å². The Hall–Kier alpha value is -1.88. The van der Waals surface area contributed by atoms with Crippen LogP contribution in [-0.2, 0) is 6.54 Å². The van der Waals surface area contributed by atoms with Gasteiger partial charge in [-0.1, -0.05) is 34.1 Å². The van der Waals surface area contributed by atoms with Gasteiger partial charge in [0.05, 0.1) is 11.3 Å². The van der Waals surface area contributed by atoms with Crippen molar-refractivity contribution >= 4 is 27.5 Å². The molecule has 0 fully saturated rings. The van der Waals surface area contributed by atoms with Gasteiger partial charge in [0.1, 0.15) is 5.82 Å². The first kappa shape index (κ1) is 13.5. The maximum atomic E-state index is 13.2. The van der Waals surface area contributed by atoms with Gasteiger partial charge in [-0.05, 0) is 29.8 Å². The first-order valence-corrected chi connectivity index (χ1v) is 6.44. The van der Waals surface area contributed by atoms with Crippen LogP contribution in [0.15, 0.2) is 46.9 Å². The summed E-state index contributed by atoms with van der Waals surface area (Å²) >= 11 is 3.33. The smallest absolute Gasteiger partial charge is 0.253 e. The lowest BCUT2D eigenvalue weighted by molar-refractivity contribution is 0.0951. The van der Waals surface area contributed by atoms with E-state index >= 15 is 0 Å². The Bertz CT molecular complexity index is 599. The number of nitrogens with two attached hydrogens (primary N) is 1. The number of anilines is 1. The van der Waals surface area contributed by atoms with Crippen molar-refractivity contribution < 1.29 is 9.18 Å². The summed E-state index contributed by atoms with van der Waals surface area (Å²) in [4.78, 5) is 11.9. The third-order valence-corrected chi connectivity index (χ3v) is 3.19. The molecule has 5 heteroatoms. The van der Waals surface area contributed by atoms with E-state index in [9.17, 15) is 9.18 Å². The highest BCUT2D eigenvalue weighted by Gasteiger charge is 2.11. The van der Waals surface area contributed by atoms with Crippen molar-refractivity contribution in [1.82, 2.24) is 5.32 Å². The topological polar surface area (TPSA) is 55.1 Å². The molecule has 3 nitrogen and oxygen atoms in total. The highest BCUT2D eigenvalue weighted by Crippen LogP contribution is 2.16. The molecule has 0 aliphatic heterocycles. The minimum atomic E-state index is -0.587. The van der Waals surface area contributed by atoms with Crippen LogP contribution in [-0.4, -0.2) is 5.91 Å². The van der Waals surface area contributed by atoms with Gasteiger partial charge in [0.25, 0.3) is 5.91 Å². The van der Waals surface area contributed by atoms with Crippen molar-refractivity contribution in [1.29, 1.82) is 0 Å². The maximum absolute atomic E-state index is 13.2. The normalized spacial score (nSPS) is 10.2. The average molecular weight is 323 g/mol. The van der Waals surface area contributed by atoms with Crippen LogP contribution in [0, 0.1) is 5.82 Å². The summed E-state index contributed by atoms with van der Waals surface area (Å²) in [5, 5.41) is 2.70. The van der Waals surface area contributed by atoms with Gasteiger partial charge in [-0.2, -0.15) is 0 Å². The zero-order valence-electron chi connectivity index (χ0n) is 9.99. The molecule has 0 saturated carbocycles. The zero-order chi connectivity index (χ0) is 13.8. The van der Waals surface area contributed by atoms with E-state index in [4.69, 9.17) is 5.73 Å². The van der Waals surface area contributed by atoms with Crippen LogP contribution in [0.1, 0.15) is 15.9 Å². The second kappa shape index (κ2) is 5.84. The molecule has 0 saturated heterocycles. The number of hydrogen-bond donors (Lipinski definition) is 2. The first-order valence-electron chi connectivity index (χ1n) is 5.64. The summed E-state index contributed by atoms with van der Waals surface area (Å²) in [6.07, 6.45) is 0. The van der Waals surface area contributed by atoms with E-state index in [1.165, 1.54) is 18.2 Å². The summed E-state index contributed by atoms with van der Waals surface area (Å²) in [6.45, 7) is 0.363. The SMILES string of the molecule is Nc1c(F)cccc1C(=O)NCc1ccc(Br)cc1. The van der Waals surface area contributed by atoms with E-state index in [1.807, 2.05) is 24.3 Å². The monoisotopic (exact) mass is 322 g/mol. The Balaban J connectivity index is 2.05. The molecule has 19 heavy (non-hydrogen) atoms. The number of benzene rings is 2. The van der Waals surface area contributed by atoms with Crippen molar-refractivity contribution in [3.05, 3.63) is 63.9 Å². The fourth-order valence-corrected chi connectivity index (χ4v) is 1.88. The summed E-state index contributed by atoms with van der Waals surface area (Å²) in [5.74, 6) is -0.976. The zero-order valence-corrected chi connectivity index (χ0v) is 11.6. The third kappa shape index (κ3) is 3.32. The molecule has 0 bridgehead atoms. The Morgan fingerprint density at radius 3 is 2.58 bits per heavy atom. The predicted molar refractivity (Wildman–Crippen MR) is 76.1 cm³/mol. The van der Waals surface area contributed by atoms with Gasteiger partial charge in [-0.15, -0.1) is 0 Å². The number of amides is 1. The Labute approximate surface area is 118 Å². The average Bonchev–Trinajstić information content (AvgIpc) is 2.41. The summed E-state index contributed by atoms with van der Waals surface area (Å²) in [5.41, 5.74) is 6.50. The largest absolute Gasteiger partial charge is 0.396 e. The van der Waals surface area contributed by atoms with Crippen LogP contribution >= 0.6 is 15.9 Å². The number of halogens is 2. The summed E-state index contributed by atoms with van der Waals surface area (Å²) < 4.78 is 14.2. The summed E-state index contributed by atoms with van der Waals surface area (Å²) in [6, 6.07) is 11.7. The Morgan fingerprint density at radius 2 is 1.89 bits per heavy atom. The molecule has 0 radical (unpaired) electrons. The minimum Gasteiger partial charge on any atom is -0.396 e. The number of nitrogens with one attached hydrogen (secondary N) is 1. The van der Waals surface area contributed by atoms with Crippen LogP contribution < -0.4 is 11.1 Å². The number of rotatable bonds is 3. The number of carbonyl (C=O) groups excluding carboxylic acids is 1. The van der Waals surface area contributed by atoms with E-state index in [0.29, 0.717) is 6.54 Å². The highest BCUT2D eigenvalue weighted by atomic mass is 79.9. The summed E-state index contributed by atoms with van der Waals surface area (Å²) in [7, 11) is 0. The van der Waals surface area contributed by atoms with Crippen molar-refractivity contribution in [2.75, 3.05) is 5.73 Å². The van der Waals surface area contributed by atoms with E-state index in [1.54, 1.807) is 0 Å². The quantitative estimate of drug-likeness (QED) is 0.853. The van der Waals surface area contributed by atoms with Crippen molar-refractivity contribution in [3.63, 3.8) is 0 Å². The van der Waals surface area contributed by atoms with Gasteiger partial charge >= 0.3 is 0 Å². The van der Waals surface area contributed by atoms with Gasteiger partial charge in [-0.3, -0.25) is 4.79 Å². The van der Waals surface area contributed by atoms with Gasteiger partial charge in [0.2, 0.25) is 0 Å². The van der Waals surface area contributed by atoms with Crippen LogP contribution in [0.5, 0.6) is 0 Å². The van der Waals surface area contributed by atoms with Crippen LogP contribution in [0.25, 0.3) is 0 Å². The molecule has 0 unspecified atom stereocenters. The van der Waals surface area contributed by atoms with E-state index in [0.717, 1.165) is 10.0 Å². The molecular formula is C14H12BrFN2O. The molecule has 0 aliphatic rings. The molecular weight excluding hydrogens is 311 g/mol. The second-order valence-electron chi connectivity index (χ2n) is 4.01. The fraction of sp³-hybridized carbons (Fsp3) is 0.0714. The maximum Gasteiger partial charge on any atom is 0.253 e. The number of carbonyl (C=O) groups is 1.